The number of halogens is 3. The summed E-state index contributed by atoms with van der Waals surface area (Å²) < 4.78 is 43.7. The smallest absolute Gasteiger partial charge is 0.389 e. The molecule has 4 heterocycles. The SMILES string of the molecule is CCc1cccc2ccc(-c3nnc4ccc([C@@H](N5C[C@@H](O)[C@H](O)C5)C(F)(F)F)cn34)nc12. The first-order valence-corrected chi connectivity index (χ1v) is 10.7. The zero-order valence-electron chi connectivity index (χ0n) is 17.7. The molecule has 3 atom stereocenters. The molecule has 0 unspecified atom stereocenters. The molecule has 0 spiro atoms. The molecule has 172 valence electrons. The number of aromatic nitrogens is 4. The first kappa shape index (κ1) is 21.7. The summed E-state index contributed by atoms with van der Waals surface area (Å²) in [5.41, 5.74) is 2.74. The molecule has 7 nitrogen and oxygen atoms in total. The van der Waals surface area contributed by atoms with Gasteiger partial charge in [-0.15, -0.1) is 10.2 Å². The van der Waals surface area contributed by atoms with Crippen LogP contribution in [-0.2, 0) is 6.42 Å². The maximum atomic E-state index is 14.1. The van der Waals surface area contributed by atoms with Crippen LogP contribution in [0.4, 0.5) is 13.2 Å². The normalized spacial score (nSPS) is 20.7. The van der Waals surface area contributed by atoms with E-state index in [0.717, 1.165) is 27.8 Å². The van der Waals surface area contributed by atoms with Crippen LogP contribution in [0.15, 0.2) is 48.7 Å². The number of alkyl halides is 3. The van der Waals surface area contributed by atoms with Gasteiger partial charge in [0.25, 0.3) is 0 Å². The standard InChI is InChI=1S/C23H22F3N5O2/c1-2-13-4-3-5-14-6-8-16(27-20(13)14)22-29-28-19-9-7-15(10-31(19)22)21(23(24,25)26)30-11-17(32)18(33)12-30/h3-10,17-18,21,32-33H,2,11-12H2,1H3/t17-,18-,21-/m1/s1. The monoisotopic (exact) mass is 457 g/mol. The maximum Gasteiger partial charge on any atom is 0.408 e. The van der Waals surface area contributed by atoms with Crippen LogP contribution >= 0.6 is 0 Å². The summed E-state index contributed by atoms with van der Waals surface area (Å²) in [6.07, 6.45) is -4.91. The van der Waals surface area contributed by atoms with Crippen molar-refractivity contribution >= 4 is 16.6 Å². The number of aliphatic hydroxyl groups excluding tert-OH is 2. The largest absolute Gasteiger partial charge is 0.408 e. The fraction of sp³-hybridized carbons (Fsp3) is 0.348. The van der Waals surface area contributed by atoms with Crippen molar-refractivity contribution in [3.05, 3.63) is 59.8 Å². The van der Waals surface area contributed by atoms with Crippen LogP contribution in [0.2, 0.25) is 0 Å². The molecule has 33 heavy (non-hydrogen) atoms. The van der Waals surface area contributed by atoms with Crippen LogP contribution in [0, 0.1) is 0 Å². The lowest BCUT2D eigenvalue weighted by molar-refractivity contribution is -0.185. The van der Waals surface area contributed by atoms with Gasteiger partial charge in [0.05, 0.1) is 17.7 Å². The zero-order chi connectivity index (χ0) is 23.3. The molecule has 10 heteroatoms. The van der Waals surface area contributed by atoms with E-state index in [2.05, 4.69) is 10.2 Å². The molecular weight excluding hydrogens is 435 g/mol. The molecule has 1 saturated heterocycles. The molecule has 0 amide bonds. The lowest BCUT2D eigenvalue weighted by atomic mass is 10.1. The van der Waals surface area contributed by atoms with Crippen molar-refractivity contribution in [2.75, 3.05) is 13.1 Å². The van der Waals surface area contributed by atoms with Crippen molar-refractivity contribution < 1.29 is 23.4 Å². The Morgan fingerprint density at radius 2 is 1.79 bits per heavy atom. The third-order valence-corrected chi connectivity index (χ3v) is 6.12. The van der Waals surface area contributed by atoms with Gasteiger partial charge in [-0.3, -0.25) is 9.30 Å². The number of para-hydroxylation sites is 1. The molecule has 3 aromatic heterocycles. The Labute approximate surface area is 187 Å². The summed E-state index contributed by atoms with van der Waals surface area (Å²) in [4.78, 5) is 5.78. The number of hydrogen-bond donors (Lipinski definition) is 2. The van der Waals surface area contributed by atoms with Gasteiger partial charge >= 0.3 is 6.18 Å². The Morgan fingerprint density at radius 3 is 2.48 bits per heavy atom. The van der Waals surface area contributed by atoms with Gasteiger partial charge in [-0.25, -0.2) is 4.98 Å². The van der Waals surface area contributed by atoms with Crippen molar-refractivity contribution in [2.24, 2.45) is 0 Å². The second kappa shape index (κ2) is 8.05. The van der Waals surface area contributed by atoms with E-state index in [9.17, 15) is 23.4 Å². The van der Waals surface area contributed by atoms with Crippen LogP contribution in [0.25, 0.3) is 28.1 Å². The number of fused-ring (bicyclic) bond motifs is 2. The van der Waals surface area contributed by atoms with Crippen molar-refractivity contribution in [3.63, 3.8) is 0 Å². The average molecular weight is 457 g/mol. The number of likely N-dealkylation sites (tertiary alicyclic amines) is 1. The van der Waals surface area contributed by atoms with E-state index < -0.39 is 24.4 Å². The van der Waals surface area contributed by atoms with E-state index >= 15 is 0 Å². The molecule has 1 aliphatic rings. The summed E-state index contributed by atoms with van der Waals surface area (Å²) in [7, 11) is 0. The van der Waals surface area contributed by atoms with Crippen LogP contribution in [0.1, 0.15) is 24.1 Å². The first-order valence-electron chi connectivity index (χ1n) is 10.7. The quantitative estimate of drug-likeness (QED) is 0.490. The number of aryl methyl sites for hydroxylation is 1. The van der Waals surface area contributed by atoms with Gasteiger partial charge in [-0.2, -0.15) is 13.2 Å². The Balaban J connectivity index is 1.61. The Bertz CT molecular complexity index is 1310. The Kier molecular flexibility index (Phi) is 5.31. The van der Waals surface area contributed by atoms with E-state index in [4.69, 9.17) is 4.98 Å². The minimum Gasteiger partial charge on any atom is -0.389 e. The summed E-state index contributed by atoms with van der Waals surface area (Å²) in [6.45, 7) is 1.49. The Morgan fingerprint density at radius 1 is 1.03 bits per heavy atom. The topological polar surface area (TPSA) is 86.8 Å². The molecule has 0 radical (unpaired) electrons. The minimum absolute atomic E-state index is 0.0348. The molecular formula is C23H22F3N5O2. The molecule has 0 bridgehead atoms. The second-order valence-electron chi connectivity index (χ2n) is 8.29. The van der Waals surface area contributed by atoms with Crippen LogP contribution in [0.5, 0.6) is 0 Å². The minimum atomic E-state index is -4.61. The number of benzene rings is 1. The first-order chi connectivity index (χ1) is 15.8. The third-order valence-electron chi connectivity index (χ3n) is 6.12. The van der Waals surface area contributed by atoms with Gasteiger partial charge in [0.15, 0.2) is 11.5 Å². The summed E-state index contributed by atoms with van der Waals surface area (Å²) in [5.74, 6) is 0.335. The fourth-order valence-electron chi connectivity index (χ4n) is 4.48. The predicted molar refractivity (Wildman–Crippen MR) is 115 cm³/mol. The van der Waals surface area contributed by atoms with Gasteiger partial charge in [-0.1, -0.05) is 37.3 Å². The van der Waals surface area contributed by atoms with E-state index in [1.165, 1.54) is 22.7 Å². The molecule has 5 rings (SSSR count). The van der Waals surface area contributed by atoms with Gasteiger partial charge in [0.1, 0.15) is 11.7 Å². The number of nitrogens with zero attached hydrogens (tertiary/aromatic N) is 5. The molecule has 0 aliphatic carbocycles. The van der Waals surface area contributed by atoms with E-state index in [1.54, 1.807) is 6.07 Å². The molecule has 1 fully saturated rings. The average Bonchev–Trinajstić information content (AvgIpc) is 3.34. The van der Waals surface area contributed by atoms with Gasteiger partial charge in [-0.05, 0) is 29.7 Å². The van der Waals surface area contributed by atoms with Crippen molar-refractivity contribution in [1.29, 1.82) is 0 Å². The van der Waals surface area contributed by atoms with Crippen molar-refractivity contribution in [2.45, 2.75) is 37.8 Å². The fourth-order valence-corrected chi connectivity index (χ4v) is 4.48. The predicted octanol–water partition coefficient (Wildman–Crippen LogP) is 3.15. The number of aliphatic hydroxyl groups is 2. The summed E-state index contributed by atoms with van der Waals surface area (Å²) in [6, 6.07) is 10.4. The molecule has 4 aromatic rings. The van der Waals surface area contributed by atoms with E-state index in [1.807, 2.05) is 31.2 Å². The Hall–Kier alpha value is -3.08. The van der Waals surface area contributed by atoms with Gasteiger partial charge in [0.2, 0.25) is 0 Å². The van der Waals surface area contributed by atoms with Crippen LogP contribution in [0.3, 0.4) is 0 Å². The van der Waals surface area contributed by atoms with Crippen molar-refractivity contribution in [1.82, 2.24) is 24.5 Å². The molecule has 1 aromatic carbocycles. The highest BCUT2D eigenvalue weighted by molar-refractivity contribution is 5.84. The second-order valence-corrected chi connectivity index (χ2v) is 8.29. The highest BCUT2D eigenvalue weighted by atomic mass is 19.4. The van der Waals surface area contributed by atoms with Crippen LogP contribution < -0.4 is 0 Å². The number of β-amino-alcohol motifs (C(OH)–C–C–N with tert-alkyl or cyclic N) is 2. The van der Waals surface area contributed by atoms with Crippen LogP contribution in [-0.4, -0.2) is 66.2 Å². The summed E-state index contributed by atoms with van der Waals surface area (Å²) >= 11 is 0. The maximum absolute atomic E-state index is 14.1. The van der Waals surface area contributed by atoms with Crippen molar-refractivity contribution in [3.8, 4) is 11.5 Å². The number of pyridine rings is 2. The van der Waals surface area contributed by atoms with E-state index in [0.29, 0.717) is 17.2 Å². The number of rotatable bonds is 4. The molecule has 1 aliphatic heterocycles. The molecule has 2 N–H and O–H groups in total. The van der Waals surface area contributed by atoms with Gasteiger partial charge < -0.3 is 10.2 Å². The van der Waals surface area contributed by atoms with E-state index in [-0.39, 0.29) is 18.7 Å². The lowest BCUT2D eigenvalue weighted by Gasteiger charge is -2.29. The highest BCUT2D eigenvalue weighted by Crippen LogP contribution is 2.39. The molecule has 0 saturated carbocycles. The zero-order valence-corrected chi connectivity index (χ0v) is 17.7. The van der Waals surface area contributed by atoms with Gasteiger partial charge in [0, 0.05) is 24.7 Å². The summed E-state index contributed by atoms with van der Waals surface area (Å²) in [5, 5.41) is 28.9. The highest BCUT2D eigenvalue weighted by Gasteiger charge is 2.48. The number of hydrogen-bond acceptors (Lipinski definition) is 6. The lowest BCUT2D eigenvalue weighted by Crippen LogP contribution is -2.38. The third kappa shape index (κ3) is 3.84.